The van der Waals surface area contributed by atoms with Crippen molar-refractivity contribution in [2.24, 2.45) is 0 Å². The highest BCUT2D eigenvalue weighted by atomic mass is 16.6. The summed E-state index contributed by atoms with van der Waals surface area (Å²) in [6, 6.07) is 11.3. The van der Waals surface area contributed by atoms with E-state index in [0.29, 0.717) is 17.9 Å². The highest BCUT2D eigenvalue weighted by Crippen LogP contribution is 2.31. The molecule has 0 radical (unpaired) electrons. The number of rotatable bonds is 7. The molecule has 1 aliphatic rings. The molecule has 1 aromatic heterocycles. The number of quaternary nitrogens is 1. The van der Waals surface area contributed by atoms with Gasteiger partial charge in [-0.3, -0.25) is 14.9 Å². The number of piperidine rings is 1. The third-order valence-electron chi connectivity index (χ3n) is 4.97. The first-order valence-corrected chi connectivity index (χ1v) is 9.65. The quantitative estimate of drug-likeness (QED) is 0.322. The normalized spacial score (nSPS) is 14.9. The van der Waals surface area contributed by atoms with E-state index >= 15 is 0 Å². The summed E-state index contributed by atoms with van der Waals surface area (Å²) in [5.41, 5.74) is 0.197. The monoisotopic (exact) mass is 395 g/mol. The Labute approximate surface area is 168 Å². The molecule has 1 amide bonds. The highest BCUT2D eigenvalue weighted by Gasteiger charge is 2.18. The Bertz CT molecular complexity index is 952. The van der Waals surface area contributed by atoms with Gasteiger partial charge in [0.1, 0.15) is 23.2 Å². The van der Waals surface area contributed by atoms with E-state index in [1.54, 1.807) is 30.3 Å². The number of hydrogen-bond donors (Lipinski definition) is 2. The second-order valence-electron chi connectivity index (χ2n) is 6.96. The SMILES string of the molecule is N#C/C(=C/c1ccc(-c2ccccc2[N+](=O)[O-])o1)C(=O)NCC[NH+]1CCCCC1. The van der Waals surface area contributed by atoms with Crippen LogP contribution in [0.5, 0.6) is 0 Å². The van der Waals surface area contributed by atoms with Gasteiger partial charge in [-0.05, 0) is 37.5 Å². The minimum absolute atomic E-state index is 0.0675. The number of nitriles is 1. The first-order chi connectivity index (χ1) is 14.1. The molecule has 0 aliphatic carbocycles. The molecule has 0 atom stereocenters. The fourth-order valence-corrected chi connectivity index (χ4v) is 3.46. The van der Waals surface area contributed by atoms with Crippen LogP contribution in [0.25, 0.3) is 17.4 Å². The average molecular weight is 395 g/mol. The van der Waals surface area contributed by atoms with Gasteiger partial charge < -0.3 is 14.6 Å². The summed E-state index contributed by atoms with van der Waals surface area (Å²) in [7, 11) is 0. The predicted octanol–water partition coefficient (Wildman–Crippen LogP) is 1.95. The Morgan fingerprint density at radius 3 is 2.72 bits per heavy atom. The van der Waals surface area contributed by atoms with Gasteiger partial charge in [-0.25, -0.2) is 0 Å². The lowest BCUT2D eigenvalue weighted by atomic mass is 10.1. The first kappa shape index (κ1) is 20.3. The van der Waals surface area contributed by atoms with Crippen LogP contribution in [-0.2, 0) is 4.79 Å². The number of furan rings is 1. The summed E-state index contributed by atoms with van der Waals surface area (Å²) in [6.07, 6.45) is 5.05. The number of carbonyl (C=O) groups excluding carboxylic acids is 1. The number of carbonyl (C=O) groups is 1. The molecule has 150 valence electrons. The Hall–Kier alpha value is -3.44. The highest BCUT2D eigenvalue weighted by molar-refractivity contribution is 6.01. The molecule has 3 rings (SSSR count). The maximum atomic E-state index is 12.3. The van der Waals surface area contributed by atoms with Crippen molar-refractivity contribution in [2.75, 3.05) is 26.2 Å². The van der Waals surface area contributed by atoms with Crippen LogP contribution in [-0.4, -0.2) is 37.0 Å². The topological polar surface area (TPSA) is 114 Å². The second-order valence-corrected chi connectivity index (χ2v) is 6.96. The summed E-state index contributed by atoms with van der Waals surface area (Å²) in [4.78, 5) is 24.5. The molecule has 8 heteroatoms. The fraction of sp³-hybridized carbons (Fsp3) is 0.333. The molecule has 0 unspecified atom stereocenters. The molecule has 0 bridgehead atoms. The molecular formula is C21H23N4O4+. The molecule has 0 spiro atoms. The predicted molar refractivity (Wildman–Crippen MR) is 107 cm³/mol. The lowest BCUT2D eigenvalue weighted by molar-refractivity contribution is -0.903. The van der Waals surface area contributed by atoms with E-state index in [2.05, 4.69) is 5.32 Å². The Kier molecular flexibility index (Phi) is 6.76. The standard InChI is InChI=1S/C21H22N4O4/c22-15-16(21(26)23-10-13-24-11-4-1-5-12-24)14-17-8-9-20(29-17)18-6-2-3-7-19(18)25(27)28/h2-3,6-9,14H,1,4-5,10-13H2,(H,23,26)/p+1/b16-14-. The number of para-hydroxylation sites is 1. The van der Waals surface area contributed by atoms with E-state index in [0.717, 1.165) is 19.6 Å². The summed E-state index contributed by atoms with van der Waals surface area (Å²) in [5, 5.41) is 23.3. The van der Waals surface area contributed by atoms with Crippen LogP contribution in [0.3, 0.4) is 0 Å². The lowest BCUT2D eigenvalue weighted by Gasteiger charge is -2.23. The van der Waals surface area contributed by atoms with Crippen molar-refractivity contribution >= 4 is 17.7 Å². The molecule has 1 saturated heterocycles. The molecule has 29 heavy (non-hydrogen) atoms. The van der Waals surface area contributed by atoms with Crippen molar-refractivity contribution in [1.82, 2.24) is 5.32 Å². The molecule has 1 aliphatic heterocycles. The van der Waals surface area contributed by atoms with Gasteiger partial charge in [0.2, 0.25) is 0 Å². The zero-order chi connectivity index (χ0) is 20.6. The third-order valence-corrected chi connectivity index (χ3v) is 4.97. The number of nitro groups is 1. The van der Waals surface area contributed by atoms with Crippen LogP contribution in [0.1, 0.15) is 25.0 Å². The van der Waals surface area contributed by atoms with Gasteiger partial charge in [-0.15, -0.1) is 0 Å². The van der Waals surface area contributed by atoms with Crippen molar-refractivity contribution in [3.8, 4) is 17.4 Å². The Balaban J connectivity index is 1.66. The summed E-state index contributed by atoms with van der Waals surface area (Å²) >= 11 is 0. The Morgan fingerprint density at radius 2 is 2.00 bits per heavy atom. The number of nitro benzene ring substituents is 1. The molecule has 1 aromatic carbocycles. The van der Waals surface area contributed by atoms with Gasteiger partial charge in [-0.1, -0.05) is 12.1 Å². The van der Waals surface area contributed by atoms with E-state index < -0.39 is 10.8 Å². The van der Waals surface area contributed by atoms with Crippen molar-refractivity contribution in [3.05, 3.63) is 57.8 Å². The number of likely N-dealkylation sites (tertiary alicyclic amines) is 1. The minimum Gasteiger partial charge on any atom is -0.456 e. The molecule has 2 heterocycles. The third kappa shape index (κ3) is 5.30. The number of hydrogen-bond acceptors (Lipinski definition) is 5. The van der Waals surface area contributed by atoms with Gasteiger partial charge in [0, 0.05) is 12.1 Å². The van der Waals surface area contributed by atoms with Crippen molar-refractivity contribution < 1.29 is 19.0 Å². The van der Waals surface area contributed by atoms with Gasteiger partial charge in [0.05, 0.1) is 36.7 Å². The van der Waals surface area contributed by atoms with Crippen LogP contribution in [0.15, 0.2) is 46.4 Å². The molecule has 0 saturated carbocycles. The Morgan fingerprint density at radius 1 is 1.24 bits per heavy atom. The van der Waals surface area contributed by atoms with Gasteiger partial charge >= 0.3 is 0 Å². The van der Waals surface area contributed by atoms with E-state index in [9.17, 15) is 20.2 Å². The maximum absolute atomic E-state index is 12.3. The van der Waals surface area contributed by atoms with Crippen LogP contribution >= 0.6 is 0 Å². The van der Waals surface area contributed by atoms with E-state index in [1.165, 1.54) is 36.3 Å². The van der Waals surface area contributed by atoms with Crippen molar-refractivity contribution in [3.63, 3.8) is 0 Å². The number of benzene rings is 1. The number of nitrogens with one attached hydrogen (secondary N) is 2. The maximum Gasteiger partial charge on any atom is 0.280 e. The van der Waals surface area contributed by atoms with E-state index in [1.807, 2.05) is 6.07 Å². The zero-order valence-electron chi connectivity index (χ0n) is 16.0. The van der Waals surface area contributed by atoms with Crippen LogP contribution in [0.4, 0.5) is 5.69 Å². The average Bonchev–Trinajstić information content (AvgIpc) is 3.21. The largest absolute Gasteiger partial charge is 0.456 e. The number of amides is 1. The van der Waals surface area contributed by atoms with Crippen LogP contribution in [0, 0.1) is 21.4 Å². The second kappa shape index (κ2) is 9.66. The fourth-order valence-electron chi connectivity index (χ4n) is 3.46. The molecular weight excluding hydrogens is 372 g/mol. The number of nitrogens with zero attached hydrogens (tertiary/aromatic N) is 2. The molecule has 2 aromatic rings. The van der Waals surface area contributed by atoms with Crippen LogP contribution < -0.4 is 10.2 Å². The smallest absolute Gasteiger partial charge is 0.280 e. The summed E-state index contributed by atoms with van der Waals surface area (Å²) in [5.74, 6) is 0.133. The molecule has 1 fully saturated rings. The van der Waals surface area contributed by atoms with Gasteiger partial charge in [0.25, 0.3) is 11.6 Å². The summed E-state index contributed by atoms with van der Waals surface area (Å²) in [6.45, 7) is 3.59. The zero-order valence-corrected chi connectivity index (χ0v) is 16.0. The molecule has 2 N–H and O–H groups in total. The van der Waals surface area contributed by atoms with Crippen LogP contribution in [0.2, 0.25) is 0 Å². The van der Waals surface area contributed by atoms with E-state index in [4.69, 9.17) is 4.42 Å². The molecule has 8 nitrogen and oxygen atoms in total. The van der Waals surface area contributed by atoms with Gasteiger partial charge in [0.15, 0.2) is 0 Å². The van der Waals surface area contributed by atoms with Gasteiger partial charge in [-0.2, -0.15) is 5.26 Å². The van der Waals surface area contributed by atoms with Crippen molar-refractivity contribution in [1.29, 1.82) is 5.26 Å². The van der Waals surface area contributed by atoms with E-state index in [-0.39, 0.29) is 17.0 Å². The van der Waals surface area contributed by atoms with Crippen molar-refractivity contribution in [2.45, 2.75) is 19.3 Å². The minimum atomic E-state index is -0.480. The first-order valence-electron chi connectivity index (χ1n) is 9.65. The summed E-state index contributed by atoms with van der Waals surface area (Å²) < 4.78 is 5.63. The lowest BCUT2D eigenvalue weighted by Crippen LogP contribution is -3.13.